The van der Waals surface area contributed by atoms with Gasteiger partial charge in [-0.25, -0.2) is 0 Å². The topological polar surface area (TPSA) is 23.9 Å². The van der Waals surface area contributed by atoms with Gasteiger partial charge in [0.05, 0.1) is 0 Å². The molecule has 0 radical (unpaired) electrons. The smallest absolute Gasteiger partial charge is 0.00477 e. The van der Waals surface area contributed by atoms with Gasteiger partial charge in [0.25, 0.3) is 0 Å². The average molecular weight is 139 g/mol. The lowest BCUT2D eigenvalue weighted by Gasteiger charge is -2.08. The summed E-state index contributed by atoms with van der Waals surface area (Å²) in [5.74, 6) is 0.625. The zero-order valence-corrected chi connectivity index (χ0v) is 6.98. The molecule has 1 heteroatoms. The number of hydrogen-bond donors (Lipinski definition) is 1. The van der Waals surface area contributed by atoms with Crippen molar-refractivity contribution in [2.75, 3.05) is 0 Å². The zero-order valence-electron chi connectivity index (χ0n) is 6.98. The summed E-state index contributed by atoms with van der Waals surface area (Å²) >= 11 is 0. The summed E-state index contributed by atoms with van der Waals surface area (Å²) in [6.07, 6.45) is 4.69. The molecule has 0 bridgehead atoms. The first kappa shape index (κ1) is 9.41. The van der Waals surface area contributed by atoms with E-state index in [1.807, 2.05) is 0 Å². The fraction of sp³-hybridized carbons (Fsp3) is 0.667. The molecule has 0 saturated heterocycles. The first-order valence-corrected chi connectivity index (χ1v) is 3.82. The van der Waals surface area contributed by atoms with Crippen molar-refractivity contribution in [1.29, 1.82) is 5.41 Å². The van der Waals surface area contributed by atoms with Crippen LogP contribution in [0.5, 0.6) is 0 Å². The van der Waals surface area contributed by atoms with Gasteiger partial charge in [-0.1, -0.05) is 19.1 Å². The normalized spacial score (nSPS) is 12.6. The second-order valence-electron chi connectivity index (χ2n) is 2.88. The minimum atomic E-state index is 0.625. The van der Waals surface area contributed by atoms with Crippen molar-refractivity contribution >= 4 is 6.21 Å². The Balaban J connectivity index is 3.30. The highest BCUT2D eigenvalue weighted by molar-refractivity contribution is 5.52. The van der Waals surface area contributed by atoms with Crippen LogP contribution in [0.4, 0.5) is 0 Å². The van der Waals surface area contributed by atoms with Crippen molar-refractivity contribution in [3.8, 4) is 0 Å². The van der Waals surface area contributed by atoms with E-state index in [2.05, 4.69) is 20.4 Å². The Morgan fingerprint density at radius 1 is 1.70 bits per heavy atom. The Morgan fingerprint density at radius 3 is 2.70 bits per heavy atom. The Hall–Kier alpha value is -0.590. The molecular weight excluding hydrogens is 122 g/mol. The van der Waals surface area contributed by atoms with E-state index in [9.17, 15) is 0 Å². The largest absolute Gasteiger partial charge is 0.313 e. The molecular formula is C9H17N. The van der Waals surface area contributed by atoms with E-state index in [1.54, 1.807) is 0 Å². The highest BCUT2D eigenvalue weighted by Gasteiger charge is 1.99. The molecule has 0 aromatic carbocycles. The number of hydrogen-bond acceptors (Lipinski definition) is 1. The third-order valence-electron chi connectivity index (χ3n) is 1.83. The third kappa shape index (κ3) is 4.30. The maximum absolute atomic E-state index is 6.81. The van der Waals surface area contributed by atoms with Gasteiger partial charge in [-0.15, -0.1) is 0 Å². The predicted molar refractivity (Wildman–Crippen MR) is 46.6 cm³/mol. The van der Waals surface area contributed by atoms with Crippen LogP contribution in [0.3, 0.4) is 0 Å². The lowest BCUT2D eigenvalue weighted by atomic mass is 9.98. The van der Waals surface area contributed by atoms with Crippen molar-refractivity contribution in [2.24, 2.45) is 5.92 Å². The summed E-state index contributed by atoms with van der Waals surface area (Å²) in [7, 11) is 0. The average Bonchev–Trinajstić information content (AvgIpc) is 1.88. The standard InChI is InChI=1S/C9H17N/c1-8(2)9(3)6-4-5-7-10/h7,9-10H,1,4-6H2,2-3H3. The highest BCUT2D eigenvalue weighted by Crippen LogP contribution is 2.14. The summed E-state index contributed by atoms with van der Waals surface area (Å²) in [6.45, 7) is 8.13. The molecule has 1 unspecified atom stereocenters. The lowest BCUT2D eigenvalue weighted by molar-refractivity contribution is 0.592. The maximum Gasteiger partial charge on any atom is -0.00477 e. The van der Waals surface area contributed by atoms with E-state index in [4.69, 9.17) is 5.41 Å². The van der Waals surface area contributed by atoms with Crippen molar-refractivity contribution in [3.05, 3.63) is 12.2 Å². The van der Waals surface area contributed by atoms with Gasteiger partial charge in [-0.2, -0.15) is 0 Å². The molecule has 0 saturated carbocycles. The molecule has 0 amide bonds. The minimum absolute atomic E-state index is 0.625. The molecule has 1 atom stereocenters. The van der Waals surface area contributed by atoms with Gasteiger partial charge >= 0.3 is 0 Å². The third-order valence-corrected chi connectivity index (χ3v) is 1.83. The van der Waals surface area contributed by atoms with Crippen LogP contribution in [-0.2, 0) is 0 Å². The molecule has 0 rings (SSSR count). The SMILES string of the molecule is C=C(C)C(C)CCCC=N. The van der Waals surface area contributed by atoms with E-state index >= 15 is 0 Å². The van der Waals surface area contributed by atoms with Gasteiger partial charge in [0.15, 0.2) is 0 Å². The molecule has 10 heavy (non-hydrogen) atoms. The molecule has 0 aromatic rings. The Bertz CT molecular complexity index is 116. The predicted octanol–water partition coefficient (Wildman–Crippen LogP) is 3.02. The van der Waals surface area contributed by atoms with Crippen molar-refractivity contribution in [2.45, 2.75) is 33.1 Å². The quantitative estimate of drug-likeness (QED) is 0.344. The highest BCUT2D eigenvalue weighted by atomic mass is 14.3. The molecule has 0 spiro atoms. The van der Waals surface area contributed by atoms with Crippen LogP contribution in [0.1, 0.15) is 33.1 Å². The summed E-state index contributed by atoms with van der Waals surface area (Å²) in [5, 5.41) is 6.81. The molecule has 0 heterocycles. The second kappa shape index (κ2) is 5.21. The van der Waals surface area contributed by atoms with Gasteiger partial charge < -0.3 is 5.41 Å². The van der Waals surface area contributed by atoms with Crippen LogP contribution in [0.15, 0.2) is 12.2 Å². The molecule has 0 aliphatic heterocycles. The van der Waals surface area contributed by atoms with Crippen LogP contribution in [0, 0.1) is 11.3 Å². The Morgan fingerprint density at radius 2 is 2.30 bits per heavy atom. The van der Waals surface area contributed by atoms with Crippen molar-refractivity contribution < 1.29 is 0 Å². The molecule has 58 valence electrons. The second-order valence-corrected chi connectivity index (χ2v) is 2.88. The van der Waals surface area contributed by atoms with Gasteiger partial charge in [0.2, 0.25) is 0 Å². The number of allylic oxidation sites excluding steroid dienone is 1. The van der Waals surface area contributed by atoms with Crippen LogP contribution in [0.25, 0.3) is 0 Å². The molecule has 0 fully saturated rings. The van der Waals surface area contributed by atoms with Gasteiger partial charge in [0.1, 0.15) is 0 Å². The van der Waals surface area contributed by atoms with Gasteiger partial charge in [-0.3, -0.25) is 0 Å². The van der Waals surface area contributed by atoms with Crippen LogP contribution in [-0.4, -0.2) is 6.21 Å². The van der Waals surface area contributed by atoms with Crippen LogP contribution in [0.2, 0.25) is 0 Å². The molecule has 0 aromatic heterocycles. The Labute approximate surface area is 63.7 Å². The van der Waals surface area contributed by atoms with Crippen molar-refractivity contribution in [3.63, 3.8) is 0 Å². The van der Waals surface area contributed by atoms with Crippen molar-refractivity contribution in [1.82, 2.24) is 0 Å². The lowest BCUT2D eigenvalue weighted by Crippen LogP contribution is -1.94. The van der Waals surface area contributed by atoms with E-state index in [-0.39, 0.29) is 0 Å². The molecule has 0 aliphatic carbocycles. The van der Waals surface area contributed by atoms with E-state index in [0.717, 1.165) is 12.8 Å². The fourth-order valence-corrected chi connectivity index (χ4v) is 0.772. The zero-order chi connectivity index (χ0) is 7.98. The van der Waals surface area contributed by atoms with Gasteiger partial charge in [0, 0.05) is 0 Å². The van der Waals surface area contributed by atoms with E-state index in [1.165, 1.54) is 18.2 Å². The number of nitrogens with one attached hydrogen (secondary N) is 1. The molecule has 1 N–H and O–H groups in total. The van der Waals surface area contributed by atoms with Crippen LogP contribution >= 0.6 is 0 Å². The van der Waals surface area contributed by atoms with E-state index in [0.29, 0.717) is 5.92 Å². The summed E-state index contributed by atoms with van der Waals surface area (Å²) in [5.41, 5.74) is 1.25. The summed E-state index contributed by atoms with van der Waals surface area (Å²) < 4.78 is 0. The van der Waals surface area contributed by atoms with Crippen LogP contribution < -0.4 is 0 Å². The van der Waals surface area contributed by atoms with Gasteiger partial charge in [-0.05, 0) is 38.3 Å². The Kier molecular flexibility index (Phi) is 4.91. The number of unbranched alkanes of at least 4 members (excludes halogenated alkanes) is 1. The molecule has 1 nitrogen and oxygen atoms in total. The monoisotopic (exact) mass is 139 g/mol. The minimum Gasteiger partial charge on any atom is -0.313 e. The first-order valence-electron chi connectivity index (χ1n) is 3.82. The first-order chi connectivity index (χ1) is 4.68. The summed E-state index contributed by atoms with van der Waals surface area (Å²) in [6, 6.07) is 0. The maximum atomic E-state index is 6.81. The fourth-order valence-electron chi connectivity index (χ4n) is 0.772. The molecule has 0 aliphatic rings. The van der Waals surface area contributed by atoms with E-state index < -0.39 is 0 Å². The number of rotatable bonds is 5. The summed E-state index contributed by atoms with van der Waals surface area (Å²) in [4.78, 5) is 0.